The lowest BCUT2D eigenvalue weighted by atomic mass is 10.1. The van der Waals surface area contributed by atoms with E-state index in [1.807, 2.05) is 13.8 Å². The van der Waals surface area contributed by atoms with Gasteiger partial charge in [0.2, 0.25) is 5.91 Å². The van der Waals surface area contributed by atoms with Crippen LogP contribution in [0.2, 0.25) is 0 Å². The number of amides is 1. The zero-order chi connectivity index (χ0) is 15.4. The molecule has 5 heteroatoms. The van der Waals surface area contributed by atoms with Gasteiger partial charge in [0.15, 0.2) is 0 Å². The molecule has 108 valence electrons. The highest BCUT2D eigenvalue weighted by molar-refractivity contribution is 5.91. The van der Waals surface area contributed by atoms with E-state index in [4.69, 9.17) is 5.26 Å². The monoisotopic (exact) mass is 282 g/mol. The van der Waals surface area contributed by atoms with E-state index in [2.05, 4.69) is 23.4 Å². The number of hydrogen-bond donors (Lipinski definition) is 1. The molecule has 21 heavy (non-hydrogen) atoms. The molecule has 1 aromatic heterocycles. The predicted molar refractivity (Wildman–Crippen MR) is 80.9 cm³/mol. The molecular formula is C16H18N4O. The van der Waals surface area contributed by atoms with Crippen molar-refractivity contribution in [3.05, 3.63) is 46.8 Å². The van der Waals surface area contributed by atoms with Gasteiger partial charge in [-0.1, -0.05) is 19.1 Å². The van der Waals surface area contributed by atoms with Crippen LogP contribution in [0.4, 0.5) is 5.69 Å². The smallest absolute Gasteiger partial charge is 0.246 e. The van der Waals surface area contributed by atoms with Crippen molar-refractivity contribution >= 4 is 11.6 Å². The average molecular weight is 282 g/mol. The van der Waals surface area contributed by atoms with E-state index >= 15 is 0 Å². The van der Waals surface area contributed by atoms with Gasteiger partial charge in [-0.25, -0.2) is 0 Å². The molecule has 0 saturated heterocycles. The van der Waals surface area contributed by atoms with Gasteiger partial charge in [-0.3, -0.25) is 9.48 Å². The normalized spacial score (nSPS) is 10.2. The van der Waals surface area contributed by atoms with Crippen LogP contribution in [-0.4, -0.2) is 15.7 Å². The molecular weight excluding hydrogens is 264 g/mol. The number of anilines is 1. The molecule has 2 aromatic rings. The third-order valence-corrected chi connectivity index (χ3v) is 3.50. The molecule has 0 saturated carbocycles. The summed E-state index contributed by atoms with van der Waals surface area (Å²) in [7, 11) is 0. The van der Waals surface area contributed by atoms with Crippen LogP contribution in [0.5, 0.6) is 0 Å². The number of aryl methyl sites for hydroxylation is 1. The second-order valence-electron chi connectivity index (χ2n) is 4.87. The van der Waals surface area contributed by atoms with Crippen molar-refractivity contribution < 1.29 is 4.79 Å². The molecule has 0 bridgehead atoms. The fraction of sp³-hybridized carbons (Fsp3) is 0.312. The standard InChI is InChI=1S/C16H18N4O/c1-4-14-11(2)19-20(12(14)3)10-16(21)18-15-8-6-5-7-13(15)9-17/h5-8H,4,10H2,1-3H3,(H,18,21). The Labute approximate surface area is 124 Å². The van der Waals surface area contributed by atoms with Gasteiger partial charge in [-0.2, -0.15) is 10.4 Å². The van der Waals surface area contributed by atoms with Crippen LogP contribution < -0.4 is 5.32 Å². The van der Waals surface area contributed by atoms with E-state index in [0.29, 0.717) is 11.3 Å². The molecule has 0 fully saturated rings. The second-order valence-corrected chi connectivity index (χ2v) is 4.87. The zero-order valence-corrected chi connectivity index (χ0v) is 12.5. The molecule has 0 spiro atoms. The Hall–Kier alpha value is -2.61. The number of benzene rings is 1. The zero-order valence-electron chi connectivity index (χ0n) is 12.5. The van der Waals surface area contributed by atoms with Crippen LogP contribution in [0.1, 0.15) is 29.4 Å². The minimum absolute atomic E-state index is 0.145. The quantitative estimate of drug-likeness (QED) is 0.936. The van der Waals surface area contributed by atoms with Gasteiger partial charge in [0.05, 0.1) is 16.9 Å². The molecule has 0 aliphatic carbocycles. The highest BCUT2D eigenvalue weighted by atomic mass is 16.2. The first kappa shape index (κ1) is 14.8. The Morgan fingerprint density at radius 2 is 2.10 bits per heavy atom. The van der Waals surface area contributed by atoms with Crippen molar-refractivity contribution in [2.75, 3.05) is 5.32 Å². The van der Waals surface area contributed by atoms with Crippen LogP contribution in [0.25, 0.3) is 0 Å². The lowest BCUT2D eigenvalue weighted by molar-refractivity contribution is -0.116. The summed E-state index contributed by atoms with van der Waals surface area (Å²) in [5.41, 5.74) is 4.13. The van der Waals surface area contributed by atoms with E-state index in [9.17, 15) is 4.79 Å². The molecule has 2 rings (SSSR count). The number of para-hydroxylation sites is 1. The summed E-state index contributed by atoms with van der Waals surface area (Å²) in [6, 6.07) is 9.01. The number of hydrogen-bond acceptors (Lipinski definition) is 3. The van der Waals surface area contributed by atoms with E-state index in [-0.39, 0.29) is 12.5 Å². The van der Waals surface area contributed by atoms with Gasteiger partial charge in [-0.15, -0.1) is 0 Å². The molecule has 0 radical (unpaired) electrons. The topological polar surface area (TPSA) is 70.7 Å². The number of aromatic nitrogens is 2. The average Bonchev–Trinajstić information content (AvgIpc) is 2.73. The number of carbonyl (C=O) groups excluding carboxylic acids is 1. The lowest BCUT2D eigenvalue weighted by Crippen LogP contribution is -2.20. The minimum atomic E-state index is -0.189. The number of nitrogens with zero attached hydrogens (tertiary/aromatic N) is 3. The summed E-state index contributed by atoms with van der Waals surface area (Å²) in [4.78, 5) is 12.1. The largest absolute Gasteiger partial charge is 0.323 e. The third kappa shape index (κ3) is 3.11. The summed E-state index contributed by atoms with van der Waals surface area (Å²) in [6.07, 6.45) is 0.899. The van der Waals surface area contributed by atoms with Crippen LogP contribution in [0.15, 0.2) is 24.3 Å². The summed E-state index contributed by atoms with van der Waals surface area (Å²) in [5.74, 6) is -0.189. The van der Waals surface area contributed by atoms with Crippen LogP contribution >= 0.6 is 0 Å². The highest BCUT2D eigenvalue weighted by Crippen LogP contribution is 2.15. The van der Waals surface area contributed by atoms with Gasteiger partial charge < -0.3 is 5.32 Å². The third-order valence-electron chi connectivity index (χ3n) is 3.50. The molecule has 0 atom stereocenters. The molecule has 1 amide bonds. The van der Waals surface area contributed by atoms with Crippen molar-refractivity contribution in [2.24, 2.45) is 0 Å². The Bertz CT molecular complexity index is 710. The van der Waals surface area contributed by atoms with Crippen molar-refractivity contribution in [1.29, 1.82) is 5.26 Å². The van der Waals surface area contributed by atoms with E-state index < -0.39 is 0 Å². The van der Waals surface area contributed by atoms with Crippen molar-refractivity contribution in [2.45, 2.75) is 33.7 Å². The Balaban J connectivity index is 2.14. The van der Waals surface area contributed by atoms with Gasteiger partial charge in [0.25, 0.3) is 0 Å². The summed E-state index contributed by atoms with van der Waals surface area (Å²) >= 11 is 0. The summed E-state index contributed by atoms with van der Waals surface area (Å²) in [6.45, 7) is 6.14. The number of rotatable bonds is 4. The molecule has 1 N–H and O–H groups in total. The van der Waals surface area contributed by atoms with Crippen molar-refractivity contribution in [3.8, 4) is 6.07 Å². The van der Waals surface area contributed by atoms with Gasteiger partial charge in [-0.05, 0) is 38.0 Å². The maximum absolute atomic E-state index is 12.1. The first-order valence-electron chi connectivity index (χ1n) is 6.88. The van der Waals surface area contributed by atoms with Crippen molar-refractivity contribution in [1.82, 2.24) is 9.78 Å². The maximum Gasteiger partial charge on any atom is 0.246 e. The Kier molecular flexibility index (Phi) is 4.39. The van der Waals surface area contributed by atoms with Crippen LogP contribution in [-0.2, 0) is 17.8 Å². The van der Waals surface area contributed by atoms with Gasteiger partial charge in [0.1, 0.15) is 12.6 Å². The van der Waals surface area contributed by atoms with E-state index in [1.54, 1.807) is 28.9 Å². The number of nitrogens with one attached hydrogen (secondary N) is 1. The second kappa shape index (κ2) is 6.23. The fourth-order valence-electron chi connectivity index (χ4n) is 2.41. The Morgan fingerprint density at radius 3 is 2.71 bits per heavy atom. The minimum Gasteiger partial charge on any atom is -0.323 e. The maximum atomic E-state index is 12.1. The fourth-order valence-corrected chi connectivity index (χ4v) is 2.41. The summed E-state index contributed by atoms with van der Waals surface area (Å²) in [5, 5.41) is 16.2. The molecule has 0 unspecified atom stereocenters. The van der Waals surface area contributed by atoms with Crippen molar-refractivity contribution in [3.63, 3.8) is 0 Å². The molecule has 0 aliphatic heterocycles. The first-order chi connectivity index (χ1) is 10.1. The summed E-state index contributed by atoms with van der Waals surface area (Å²) < 4.78 is 1.71. The predicted octanol–water partition coefficient (Wildman–Crippen LogP) is 2.57. The molecule has 0 aliphatic rings. The van der Waals surface area contributed by atoms with Gasteiger partial charge in [0, 0.05) is 5.69 Å². The highest BCUT2D eigenvalue weighted by Gasteiger charge is 2.13. The van der Waals surface area contributed by atoms with E-state index in [1.165, 1.54) is 5.56 Å². The lowest BCUT2D eigenvalue weighted by Gasteiger charge is -2.08. The van der Waals surface area contributed by atoms with E-state index in [0.717, 1.165) is 17.8 Å². The molecule has 1 heterocycles. The SMILES string of the molecule is CCc1c(C)nn(CC(=O)Nc2ccccc2C#N)c1C. The number of carbonyl (C=O) groups is 1. The number of nitriles is 1. The van der Waals surface area contributed by atoms with Gasteiger partial charge >= 0.3 is 0 Å². The Morgan fingerprint density at radius 1 is 1.38 bits per heavy atom. The van der Waals surface area contributed by atoms with Crippen LogP contribution in [0, 0.1) is 25.2 Å². The molecule has 5 nitrogen and oxygen atoms in total. The molecule has 1 aromatic carbocycles. The van der Waals surface area contributed by atoms with Crippen LogP contribution in [0.3, 0.4) is 0 Å². The first-order valence-corrected chi connectivity index (χ1v) is 6.88.